The molecule has 0 aromatic heterocycles. The van der Waals surface area contributed by atoms with Crippen LogP contribution < -0.4 is 4.74 Å². The van der Waals surface area contributed by atoms with Crippen molar-refractivity contribution in [2.75, 3.05) is 26.8 Å². The highest BCUT2D eigenvalue weighted by atomic mass is 16.5. The van der Waals surface area contributed by atoms with Crippen molar-refractivity contribution in [3.8, 4) is 17.6 Å². The maximum absolute atomic E-state index is 8.69. The van der Waals surface area contributed by atoms with Crippen LogP contribution in [0.3, 0.4) is 0 Å². The molecule has 0 amide bonds. The summed E-state index contributed by atoms with van der Waals surface area (Å²) in [4.78, 5) is 2.35. The summed E-state index contributed by atoms with van der Waals surface area (Å²) >= 11 is 0. The third-order valence-corrected chi connectivity index (χ3v) is 3.19. The van der Waals surface area contributed by atoms with Gasteiger partial charge in [-0.1, -0.05) is 17.9 Å². The SMILES string of the molecule is CN(CCOc1cccc(C#CCCO)c1)C1CC1. The van der Waals surface area contributed by atoms with Gasteiger partial charge in [-0.15, -0.1) is 0 Å². The normalized spacial score (nSPS) is 14.1. The Labute approximate surface area is 115 Å². The van der Waals surface area contributed by atoms with Crippen molar-refractivity contribution >= 4 is 0 Å². The molecular formula is C16H21NO2. The van der Waals surface area contributed by atoms with Crippen molar-refractivity contribution in [2.45, 2.75) is 25.3 Å². The van der Waals surface area contributed by atoms with Crippen LogP contribution in [0.1, 0.15) is 24.8 Å². The van der Waals surface area contributed by atoms with E-state index in [4.69, 9.17) is 9.84 Å². The van der Waals surface area contributed by atoms with Crippen LogP contribution in [0.15, 0.2) is 24.3 Å². The van der Waals surface area contributed by atoms with E-state index in [0.717, 1.165) is 23.9 Å². The Morgan fingerprint density at radius 1 is 1.42 bits per heavy atom. The molecule has 0 radical (unpaired) electrons. The molecule has 1 aliphatic rings. The van der Waals surface area contributed by atoms with Crippen molar-refractivity contribution in [3.63, 3.8) is 0 Å². The Morgan fingerprint density at radius 2 is 2.26 bits per heavy atom. The zero-order valence-corrected chi connectivity index (χ0v) is 11.4. The Hall–Kier alpha value is -1.50. The number of nitrogens with zero attached hydrogens (tertiary/aromatic N) is 1. The molecular weight excluding hydrogens is 238 g/mol. The fourth-order valence-corrected chi connectivity index (χ4v) is 1.89. The van der Waals surface area contributed by atoms with Gasteiger partial charge in [0.15, 0.2) is 0 Å². The van der Waals surface area contributed by atoms with Crippen LogP contribution in [-0.4, -0.2) is 42.9 Å². The zero-order chi connectivity index (χ0) is 13.5. The fraction of sp³-hybridized carbons (Fsp3) is 0.500. The lowest BCUT2D eigenvalue weighted by Crippen LogP contribution is -2.26. The molecule has 1 N–H and O–H groups in total. The smallest absolute Gasteiger partial charge is 0.120 e. The van der Waals surface area contributed by atoms with E-state index in [1.165, 1.54) is 12.8 Å². The van der Waals surface area contributed by atoms with Crippen molar-refractivity contribution in [1.82, 2.24) is 4.90 Å². The monoisotopic (exact) mass is 259 g/mol. The van der Waals surface area contributed by atoms with E-state index >= 15 is 0 Å². The second-order valence-corrected chi connectivity index (χ2v) is 4.86. The number of aliphatic hydroxyl groups excluding tert-OH is 1. The number of rotatable bonds is 6. The maximum atomic E-state index is 8.69. The molecule has 19 heavy (non-hydrogen) atoms. The number of ether oxygens (including phenoxy) is 1. The Bertz CT molecular complexity index is 457. The van der Waals surface area contributed by atoms with Gasteiger partial charge >= 0.3 is 0 Å². The highest BCUT2D eigenvalue weighted by molar-refractivity contribution is 5.39. The van der Waals surface area contributed by atoms with E-state index in [0.29, 0.717) is 13.0 Å². The van der Waals surface area contributed by atoms with Gasteiger partial charge in [-0.3, -0.25) is 0 Å². The Balaban J connectivity index is 1.79. The predicted molar refractivity (Wildman–Crippen MR) is 76.2 cm³/mol. The van der Waals surface area contributed by atoms with Crippen LogP contribution in [0.25, 0.3) is 0 Å². The first-order chi connectivity index (χ1) is 9.29. The van der Waals surface area contributed by atoms with Gasteiger partial charge < -0.3 is 14.7 Å². The third kappa shape index (κ3) is 4.94. The largest absolute Gasteiger partial charge is 0.492 e. The first-order valence-corrected chi connectivity index (χ1v) is 6.82. The van der Waals surface area contributed by atoms with Crippen molar-refractivity contribution < 1.29 is 9.84 Å². The number of aliphatic hydroxyl groups is 1. The molecule has 0 aliphatic heterocycles. The molecule has 1 aromatic carbocycles. The summed E-state index contributed by atoms with van der Waals surface area (Å²) in [5.74, 6) is 6.79. The summed E-state index contributed by atoms with van der Waals surface area (Å²) in [6.45, 7) is 1.78. The van der Waals surface area contributed by atoms with Gasteiger partial charge in [0.25, 0.3) is 0 Å². The number of hydrogen-bond donors (Lipinski definition) is 1. The minimum Gasteiger partial charge on any atom is -0.492 e. The van der Waals surface area contributed by atoms with E-state index < -0.39 is 0 Å². The summed E-state index contributed by atoms with van der Waals surface area (Å²) < 4.78 is 5.74. The topological polar surface area (TPSA) is 32.7 Å². The summed E-state index contributed by atoms with van der Waals surface area (Å²) in [6, 6.07) is 8.58. The Morgan fingerprint density at radius 3 is 3.00 bits per heavy atom. The highest BCUT2D eigenvalue weighted by Gasteiger charge is 2.25. The van der Waals surface area contributed by atoms with Gasteiger partial charge in [-0.25, -0.2) is 0 Å². The quantitative estimate of drug-likeness (QED) is 0.792. The molecule has 1 aromatic rings. The second-order valence-electron chi connectivity index (χ2n) is 4.86. The van der Waals surface area contributed by atoms with Gasteiger partial charge in [0.2, 0.25) is 0 Å². The standard InChI is InChI=1S/C16H21NO2/c1-17(15-8-9-15)10-12-19-16-7-4-6-14(13-16)5-2-3-11-18/h4,6-7,13,15,18H,3,8-12H2,1H3. The summed E-state index contributed by atoms with van der Waals surface area (Å²) in [5.41, 5.74) is 0.932. The van der Waals surface area contributed by atoms with Crippen LogP contribution in [0.4, 0.5) is 0 Å². The van der Waals surface area contributed by atoms with Gasteiger partial charge in [0, 0.05) is 24.6 Å². The summed E-state index contributed by atoms with van der Waals surface area (Å²) in [7, 11) is 2.15. The van der Waals surface area contributed by atoms with E-state index in [-0.39, 0.29) is 6.61 Å². The van der Waals surface area contributed by atoms with Gasteiger partial charge in [0.05, 0.1) is 6.61 Å². The van der Waals surface area contributed by atoms with E-state index in [2.05, 4.69) is 23.8 Å². The summed E-state index contributed by atoms with van der Waals surface area (Å²) in [5, 5.41) is 8.69. The third-order valence-electron chi connectivity index (χ3n) is 3.19. The first kappa shape index (κ1) is 13.9. The molecule has 2 rings (SSSR count). The molecule has 1 fully saturated rings. The zero-order valence-electron chi connectivity index (χ0n) is 11.4. The van der Waals surface area contributed by atoms with E-state index in [1.54, 1.807) is 0 Å². The molecule has 0 saturated heterocycles. The Kier molecular flexibility index (Phi) is 5.26. The molecule has 0 atom stereocenters. The lowest BCUT2D eigenvalue weighted by molar-refractivity contribution is 0.232. The van der Waals surface area contributed by atoms with E-state index in [9.17, 15) is 0 Å². The lowest BCUT2D eigenvalue weighted by Gasteiger charge is -2.15. The van der Waals surface area contributed by atoms with Crippen LogP contribution >= 0.6 is 0 Å². The van der Waals surface area contributed by atoms with Crippen LogP contribution in [-0.2, 0) is 0 Å². The molecule has 3 heteroatoms. The van der Waals surface area contributed by atoms with Crippen LogP contribution in [0.5, 0.6) is 5.75 Å². The predicted octanol–water partition coefficient (Wildman–Crippen LogP) is 1.89. The summed E-state index contributed by atoms with van der Waals surface area (Å²) in [6.07, 6.45) is 3.16. The van der Waals surface area contributed by atoms with Gasteiger partial charge in [-0.2, -0.15) is 0 Å². The number of hydrogen-bond acceptors (Lipinski definition) is 3. The second kappa shape index (κ2) is 7.18. The van der Waals surface area contributed by atoms with Crippen LogP contribution in [0.2, 0.25) is 0 Å². The lowest BCUT2D eigenvalue weighted by atomic mass is 10.2. The molecule has 1 aliphatic carbocycles. The molecule has 1 saturated carbocycles. The van der Waals surface area contributed by atoms with E-state index in [1.807, 2.05) is 24.3 Å². The average Bonchev–Trinajstić information content (AvgIpc) is 3.24. The van der Waals surface area contributed by atoms with Gasteiger partial charge in [-0.05, 0) is 38.1 Å². The molecule has 0 spiro atoms. The minimum atomic E-state index is 0.108. The van der Waals surface area contributed by atoms with Gasteiger partial charge in [0.1, 0.15) is 12.4 Å². The average molecular weight is 259 g/mol. The first-order valence-electron chi connectivity index (χ1n) is 6.82. The maximum Gasteiger partial charge on any atom is 0.120 e. The minimum absolute atomic E-state index is 0.108. The number of likely N-dealkylation sites (N-methyl/N-ethyl adjacent to an activating group) is 1. The molecule has 3 nitrogen and oxygen atoms in total. The van der Waals surface area contributed by atoms with Crippen molar-refractivity contribution in [1.29, 1.82) is 0 Å². The molecule has 0 heterocycles. The molecule has 102 valence electrons. The highest BCUT2D eigenvalue weighted by Crippen LogP contribution is 2.24. The molecule has 0 bridgehead atoms. The molecule has 0 unspecified atom stereocenters. The fourth-order valence-electron chi connectivity index (χ4n) is 1.89. The van der Waals surface area contributed by atoms with Crippen molar-refractivity contribution in [2.24, 2.45) is 0 Å². The van der Waals surface area contributed by atoms with Crippen molar-refractivity contribution in [3.05, 3.63) is 29.8 Å². The number of benzene rings is 1. The van der Waals surface area contributed by atoms with Crippen LogP contribution in [0, 0.1) is 11.8 Å².